The van der Waals surface area contributed by atoms with Gasteiger partial charge in [0.05, 0.1) is 0 Å². The average Bonchev–Trinajstić information content (AvgIpc) is 2.45. The summed E-state index contributed by atoms with van der Waals surface area (Å²) in [6, 6.07) is -0.483. The van der Waals surface area contributed by atoms with Crippen LogP contribution in [-0.2, 0) is 4.79 Å². The highest BCUT2D eigenvalue weighted by molar-refractivity contribution is 5.80. The normalized spacial score (nSPS) is 12.0. The molecule has 0 fully saturated rings. The van der Waals surface area contributed by atoms with Crippen LogP contribution in [0, 0.1) is 5.41 Å². The number of nitrogens with zero attached hydrogens (tertiary/aromatic N) is 3. The fourth-order valence-corrected chi connectivity index (χ4v) is 2.42. The fourth-order valence-electron chi connectivity index (χ4n) is 2.42. The summed E-state index contributed by atoms with van der Waals surface area (Å²) in [5.41, 5.74) is 15.9. The van der Waals surface area contributed by atoms with Gasteiger partial charge in [-0.15, -0.1) is 5.10 Å². The van der Waals surface area contributed by atoms with Crippen molar-refractivity contribution in [1.29, 1.82) is 5.41 Å². The molecule has 0 aromatic rings. The Hall–Kier alpha value is -2.03. The second-order valence-corrected chi connectivity index (χ2v) is 5.42. The first-order valence-corrected chi connectivity index (χ1v) is 8.01. The molecule has 9 nitrogen and oxygen atoms in total. The zero-order valence-corrected chi connectivity index (χ0v) is 14.2. The van der Waals surface area contributed by atoms with Crippen LogP contribution in [-0.4, -0.2) is 58.6 Å². The van der Waals surface area contributed by atoms with Crippen molar-refractivity contribution >= 4 is 17.9 Å². The molecule has 0 aliphatic heterocycles. The number of nitrogens with two attached hydrogens (primary N) is 3. The summed E-state index contributed by atoms with van der Waals surface area (Å²) in [5, 5.41) is 21.8. The molecule has 0 aliphatic carbocycles. The number of carboxylic acid groups (broad SMARTS) is 1. The van der Waals surface area contributed by atoms with Crippen LogP contribution < -0.4 is 17.2 Å². The lowest BCUT2D eigenvalue weighted by Gasteiger charge is -2.28. The first-order valence-electron chi connectivity index (χ1n) is 8.01. The molecule has 134 valence electrons. The predicted molar refractivity (Wildman–Crippen MR) is 91.9 cm³/mol. The van der Waals surface area contributed by atoms with Crippen molar-refractivity contribution in [3.05, 3.63) is 0 Å². The molecule has 0 amide bonds. The third-order valence-electron chi connectivity index (χ3n) is 3.36. The number of carboxylic acids is 1. The molecule has 8 N–H and O–H groups in total. The molecule has 0 spiro atoms. The van der Waals surface area contributed by atoms with Gasteiger partial charge in [0, 0.05) is 6.54 Å². The maximum Gasteiger partial charge on any atom is 0.320 e. The molecule has 23 heavy (non-hydrogen) atoms. The van der Waals surface area contributed by atoms with E-state index in [4.69, 9.17) is 22.6 Å². The minimum Gasteiger partial charge on any atom is -0.480 e. The van der Waals surface area contributed by atoms with Gasteiger partial charge in [0.1, 0.15) is 6.04 Å². The molecule has 1 atom stereocenters. The summed E-state index contributed by atoms with van der Waals surface area (Å²) in [4.78, 5) is 13.5. The van der Waals surface area contributed by atoms with E-state index in [1.807, 2.05) is 18.7 Å². The predicted octanol–water partition coefficient (Wildman–Crippen LogP) is 0.116. The van der Waals surface area contributed by atoms with Crippen molar-refractivity contribution in [3.63, 3.8) is 0 Å². The van der Waals surface area contributed by atoms with E-state index in [0.717, 1.165) is 25.9 Å². The molecule has 0 saturated carbocycles. The highest BCUT2D eigenvalue weighted by Gasteiger charge is 2.23. The summed E-state index contributed by atoms with van der Waals surface area (Å²) >= 11 is 0. The Morgan fingerprint density at radius 1 is 1.13 bits per heavy atom. The van der Waals surface area contributed by atoms with Crippen LogP contribution in [0.25, 0.3) is 0 Å². The Bertz CT molecular complexity index is 391. The molecule has 0 bridgehead atoms. The number of aliphatic carboxylic acids is 1. The molecule has 0 unspecified atom stereocenters. The van der Waals surface area contributed by atoms with Gasteiger partial charge in [-0.1, -0.05) is 13.8 Å². The smallest absolute Gasteiger partial charge is 0.320 e. The number of hydrazone groups is 1. The number of guanidine groups is 2. The van der Waals surface area contributed by atoms with Crippen LogP contribution >= 0.6 is 0 Å². The molecule has 0 aromatic heterocycles. The molecule has 0 heterocycles. The SMILES string of the molecule is CCCN(CCC)[C@H](CCCCN(N=C(N)N)C(=N)N)C(=O)O. The largest absolute Gasteiger partial charge is 0.480 e. The van der Waals surface area contributed by atoms with Crippen molar-refractivity contribution < 1.29 is 9.90 Å². The second-order valence-electron chi connectivity index (χ2n) is 5.42. The Kier molecular flexibility index (Phi) is 10.5. The van der Waals surface area contributed by atoms with Gasteiger partial charge in [0.2, 0.25) is 11.9 Å². The molecular formula is C14H31N7O2. The Morgan fingerprint density at radius 2 is 1.70 bits per heavy atom. The van der Waals surface area contributed by atoms with Gasteiger partial charge in [-0.2, -0.15) is 0 Å². The minimum absolute atomic E-state index is 0.166. The lowest BCUT2D eigenvalue weighted by atomic mass is 10.1. The summed E-state index contributed by atoms with van der Waals surface area (Å²) in [6.45, 7) is 6.01. The van der Waals surface area contributed by atoms with Crippen LogP contribution in [0.2, 0.25) is 0 Å². The molecule has 0 radical (unpaired) electrons. The van der Waals surface area contributed by atoms with Gasteiger partial charge in [0.15, 0.2) is 0 Å². The van der Waals surface area contributed by atoms with Gasteiger partial charge in [-0.25, -0.2) is 5.01 Å². The van der Waals surface area contributed by atoms with Gasteiger partial charge in [-0.3, -0.25) is 15.1 Å². The quantitative estimate of drug-likeness (QED) is 0.147. The molecule has 0 aliphatic rings. The molecular weight excluding hydrogens is 298 g/mol. The first kappa shape index (κ1) is 21.0. The Balaban J connectivity index is 4.50. The van der Waals surface area contributed by atoms with E-state index >= 15 is 0 Å². The van der Waals surface area contributed by atoms with Crippen molar-refractivity contribution in [3.8, 4) is 0 Å². The molecule has 9 heteroatoms. The van der Waals surface area contributed by atoms with Crippen LogP contribution in [0.15, 0.2) is 5.10 Å². The standard InChI is InChI=1S/C14H31N7O2/c1-3-8-20(9-4-2)11(12(22)23)7-5-6-10-21(14(17)18)19-13(15)16/h11H,3-10H2,1-2H3,(H3,17,18)(H,22,23)(H4,15,16,19)/t11-/m1/s1. The van der Waals surface area contributed by atoms with E-state index < -0.39 is 12.0 Å². The lowest BCUT2D eigenvalue weighted by molar-refractivity contribution is -0.143. The maximum absolute atomic E-state index is 11.5. The minimum atomic E-state index is -0.792. The van der Waals surface area contributed by atoms with Crippen LogP contribution in [0.4, 0.5) is 0 Å². The topological polar surface area (TPSA) is 158 Å². The molecule has 0 aromatic carbocycles. The number of hydrogen-bond donors (Lipinski definition) is 5. The van der Waals surface area contributed by atoms with Crippen LogP contribution in [0.1, 0.15) is 46.0 Å². The van der Waals surface area contributed by atoms with Crippen LogP contribution in [0.5, 0.6) is 0 Å². The number of unbranched alkanes of at least 4 members (excludes halogenated alkanes) is 1. The highest BCUT2D eigenvalue weighted by atomic mass is 16.4. The number of rotatable bonds is 12. The molecule has 0 saturated heterocycles. The van der Waals surface area contributed by atoms with E-state index in [0.29, 0.717) is 25.8 Å². The fraction of sp³-hybridized carbons (Fsp3) is 0.786. The average molecular weight is 329 g/mol. The second kappa shape index (κ2) is 11.5. The monoisotopic (exact) mass is 329 g/mol. The Morgan fingerprint density at radius 3 is 2.09 bits per heavy atom. The first-order chi connectivity index (χ1) is 10.8. The van der Waals surface area contributed by atoms with E-state index in [1.165, 1.54) is 5.01 Å². The zero-order chi connectivity index (χ0) is 17.8. The van der Waals surface area contributed by atoms with Crippen molar-refractivity contribution in [2.75, 3.05) is 19.6 Å². The molecule has 0 rings (SSSR count). The van der Waals surface area contributed by atoms with Crippen molar-refractivity contribution in [2.24, 2.45) is 22.3 Å². The van der Waals surface area contributed by atoms with E-state index in [-0.39, 0.29) is 11.9 Å². The van der Waals surface area contributed by atoms with E-state index in [9.17, 15) is 9.90 Å². The zero-order valence-electron chi connectivity index (χ0n) is 14.2. The van der Waals surface area contributed by atoms with E-state index in [1.54, 1.807) is 0 Å². The highest BCUT2D eigenvalue weighted by Crippen LogP contribution is 2.12. The number of hydrogen-bond acceptors (Lipinski definition) is 4. The summed E-state index contributed by atoms with van der Waals surface area (Å²) in [5.74, 6) is -1.20. The number of carbonyl (C=O) groups is 1. The van der Waals surface area contributed by atoms with Gasteiger partial charge >= 0.3 is 5.97 Å². The van der Waals surface area contributed by atoms with Crippen molar-refractivity contribution in [1.82, 2.24) is 9.91 Å². The summed E-state index contributed by atoms with van der Waals surface area (Å²) < 4.78 is 0. The van der Waals surface area contributed by atoms with Gasteiger partial charge < -0.3 is 22.3 Å². The van der Waals surface area contributed by atoms with E-state index in [2.05, 4.69) is 5.10 Å². The summed E-state index contributed by atoms with van der Waals surface area (Å²) in [6.07, 6.45) is 3.72. The van der Waals surface area contributed by atoms with Gasteiger partial charge in [0.25, 0.3) is 0 Å². The maximum atomic E-state index is 11.5. The van der Waals surface area contributed by atoms with Crippen LogP contribution in [0.3, 0.4) is 0 Å². The van der Waals surface area contributed by atoms with Gasteiger partial charge in [-0.05, 0) is 45.2 Å². The Labute approximate surface area is 138 Å². The summed E-state index contributed by atoms with van der Waals surface area (Å²) in [7, 11) is 0. The lowest BCUT2D eigenvalue weighted by Crippen LogP contribution is -2.42. The third-order valence-corrected chi connectivity index (χ3v) is 3.36. The number of nitrogens with one attached hydrogen (secondary N) is 1. The van der Waals surface area contributed by atoms with Crippen molar-refractivity contribution in [2.45, 2.75) is 52.0 Å². The third kappa shape index (κ3) is 8.87.